The molecule has 0 saturated heterocycles. The van der Waals surface area contributed by atoms with E-state index < -0.39 is 0 Å². The summed E-state index contributed by atoms with van der Waals surface area (Å²) in [6.07, 6.45) is 0. The van der Waals surface area contributed by atoms with Crippen molar-refractivity contribution < 1.29 is 9.59 Å². The number of halogens is 2. The normalized spacial score (nSPS) is 12.8. The third kappa shape index (κ3) is 3.29. The zero-order valence-corrected chi connectivity index (χ0v) is 15.6. The van der Waals surface area contributed by atoms with Crippen molar-refractivity contribution in [2.24, 2.45) is 0 Å². The molecule has 0 aromatic heterocycles. The fourth-order valence-corrected chi connectivity index (χ4v) is 3.51. The lowest BCUT2D eigenvalue weighted by Crippen LogP contribution is -2.23. The maximum Gasteiger partial charge on any atom is 0.258 e. The predicted molar refractivity (Wildman–Crippen MR) is 108 cm³/mol. The van der Waals surface area contributed by atoms with Crippen LogP contribution in [0.3, 0.4) is 0 Å². The smallest absolute Gasteiger partial charge is 0.258 e. The minimum absolute atomic E-state index is 0.0606. The molecule has 4 rings (SSSR count). The Morgan fingerprint density at radius 2 is 1.67 bits per heavy atom. The van der Waals surface area contributed by atoms with Gasteiger partial charge in [-0.05, 0) is 42.0 Å². The van der Waals surface area contributed by atoms with Crippen LogP contribution < -0.4 is 10.2 Å². The monoisotopic (exact) mass is 396 g/mol. The van der Waals surface area contributed by atoms with Gasteiger partial charge in [0.2, 0.25) is 0 Å². The molecular formula is C21H14Cl2N2O2. The summed E-state index contributed by atoms with van der Waals surface area (Å²) < 4.78 is 0. The minimum Gasteiger partial charge on any atom is -0.321 e. The van der Waals surface area contributed by atoms with Gasteiger partial charge in [0.05, 0.1) is 27.8 Å². The first kappa shape index (κ1) is 17.6. The molecule has 0 spiro atoms. The largest absolute Gasteiger partial charge is 0.321 e. The molecule has 0 saturated carbocycles. The van der Waals surface area contributed by atoms with Crippen molar-refractivity contribution in [1.29, 1.82) is 0 Å². The molecule has 0 bridgehead atoms. The van der Waals surface area contributed by atoms with Crippen LogP contribution in [0, 0.1) is 0 Å². The molecule has 1 aliphatic rings. The van der Waals surface area contributed by atoms with Gasteiger partial charge in [-0.15, -0.1) is 0 Å². The Kier molecular flexibility index (Phi) is 4.60. The molecule has 2 amide bonds. The fraction of sp³-hybridized carbons (Fsp3) is 0.0476. The topological polar surface area (TPSA) is 49.4 Å². The molecule has 27 heavy (non-hydrogen) atoms. The molecule has 3 aromatic carbocycles. The van der Waals surface area contributed by atoms with Crippen LogP contribution in [-0.4, -0.2) is 11.8 Å². The van der Waals surface area contributed by atoms with Crippen LogP contribution in [0.15, 0.2) is 66.7 Å². The number of amides is 2. The second-order valence-corrected chi connectivity index (χ2v) is 6.96. The van der Waals surface area contributed by atoms with Gasteiger partial charge >= 0.3 is 0 Å². The fourth-order valence-electron chi connectivity index (χ4n) is 3.07. The molecule has 6 heteroatoms. The molecule has 3 aromatic rings. The first-order valence-corrected chi connectivity index (χ1v) is 9.05. The molecule has 0 atom stereocenters. The third-order valence-electron chi connectivity index (χ3n) is 4.45. The number of nitrogens with one attached hydrogen (secondary N) is 1. The molecular weight excluding hydrogens is 383 g/mol. The molecule has 1 heterocycles. The molecule has 0 fully saturated rings. The molecule has 1 N–H and O–H groups in total. The molecule has 134 valence electrons. The van der Waals surface area contributed by atoms with Crippen LogP contribution in [0.1, 0.15) is 26.3 Å². The van der Waals surface area contributed by atoms with Crippen LogP contribution in [0.5, 0.6) is 0 Å². The number of hydrogen-bond acceptors (Lipinski definition) is 2. The van der Waals surface area contributed by atoms with E-state index in [9.17, 15) is 9.59 Å². The summed E-state index contributed by atoms with van der Waals surface area (Å²) in [5.74, 6) is -0.408. The van der Waals surface area contributed by atoms with Crippen LogP contribution in [-0.2, 0) is 6.54 Å². The SMILES string of the molecule is O=C(Nc1ccc(N2Cc3ccccc3C2=O)cc1Cl)c1ccccc1Cl. The Morgan fingerprint density at radius 3 is 2.41 bits per heavy atom. The number of fused-ring (bicyclic) bond motifs is 1. The Morgan fingerprint density at radius 1 is 0.926 bits per heavy atom. The van der Waals surface area contributed by atoms with Crippen molar-refractivity contribution in [2.75, 3.05) is 10.2 Å². The summed E-state index contributed by atoms with van der Waals surface area (Å²) >= 11 is 12.4. The summed E-state index contributed by atoms with van der Waals surface area (Å²) in [4.78, 5) is 26.7. The van der Waals surface area contributed by atoms with E-state index >= 15 is 0 Å². The van der Waals surface area contributed by atoms with E-state index in [0.29, 0.717) is 39.1 Å². The lowest BCUT2D eigenvalue weighted by Gasteiger charge is -2.17. The van der Waals surface area contributed by atoms with Gasteiger partial charge in [0.15, 0.2) is 0 Å². The zero-order valence-electron chi connectivity index (χ0n) is 14.1. The summed E-state index contributed by atoms with van der Waals surface area (Å²) in [6, 6.07) is 19.4. The lowest BCUT2D eigenvalue weighted by molar-refractivity contribution is 0.0994. The van der Waals surface area contributed by atoms with Crippen molar-refractivity contribution in [3.63, 3.8) is 0 Å². The highest BCUT2D eigenvalue weighted by molar-refractivity contribution is 6.36. The highest BCUT2D eigenvalue weighted by atomic mass is 35.5. The average molecular weight is 397 g/mol. The number of rotatable bonds is 3. The first-order chi connectivity index (χ1) is 13.0. The highest BCUT2D eigenvalue weighted by Crippen LogP contribution is 2.33. The predicted octanol–water partition coefficient (Wildman–Crippen LogP) is 5.41. The molecule has 0 aliphatic carbocycles. The van der Waals surface area contributed by atoms with Gasteiger partial charge in [-0.25, -0.2) is 0 Å². The Labute approximate surface area is 166 Å². The van der Waals surface area contributed by atoms with Gasteiger partial charge in [0, 0.05) is 11.3 Å². The molecule has 1 aliphatic heterocycles. The van der Waals surface area contributed by atoms with Crippen LogP contribution in [0.2, 0.25) is 10.0 Å². The van der Waals surface area contributed by atoms with Crippen molar-refractivity contribution >= 4 is 46.4 Å². The van der Waals surface area contributed by atoms with E-state index in [0.717, 1.165) is 5.56 Å². The lowest BCUT2D eigenvalue weighted by atomic mass is 10.1. The standard InChI is InChI=1S/C21H14Cl2N2O2/c22-17-8-4-3-7-16(17)20(26)24-19-10-9-14(11-18(19)23)25-12-13-5-1-2-6-15(13)21(25)27/h1-11H,12H2,(H,24,26). The van der Waals surface area contributed by atoms with Gasteiger partial charge in [-0.1, -0.05) is 53.5 Å². The molecule has 4 nitrogen and oxygen atoms in total. The van der Waals surface area contributed by atoms with Gasteiger partial charge < -0.3 is 10.2 Å². The number of hydrogen-bond donors (Lipinski definition) is 1. The van der Waals surface area contributed by atoms with E-state index in [4.69, 9.17) is 23.2 Å². The van der Waals surface area contributed by atoms with Crippen molar-refractivity contribution in [2.45, 2.75) is 6.54 Å². The quantitative estimate of drug-likeness (QED) is 0.643. The highest BCUT2D eigenvalue weighted by Gasteiger charge is 2.28. The van der Waals surface area contributed by atoms with Gasteiger partial charge in [0.25, 0.3) is 11.8 Å². The number of anilines is 2. The zero-order chi connectivity index (χ0) is 19.0. The maximum absolute atomic E-state index is 12.6. The Hall–Kier alpha value is -2.82. The van der Waals surface area contributed by atoms with Crippen LogP contribution in [0.25, 0.3) is 0 Å². The second kappa shape index (κ2) is 7.06. The molecule has 0 radical (unpaired) electrons. The number of nitrogens with zero attached hydrogens (tertiary/aromatic N) is 1. The third-order valence-corrected chi connectivity index (χ3v) is 5.09. The number of benzene rings is 3. The molecule has 0 unspecified atom stereocenters. The summed E-state index contributed by atoms with van der Waals surface area (Å²) in [7, 11) is 0. The number of carbonyl (C=O) groups is 2. The van der Waals surface area contributed by atoms with Crippen LogP contribution in [0.4, 0.5) is 11.4 Å². The number of carbonyl (C=O) groups excluding carboxylic acids is 2. The maximum atomic E-state index is 12.6. The van der Waals surface area contributed by atoms with E-state index in [1.54, 1.807) is 47.4 Å². The van der Waals surface area contributed by atoms with Gasteiger partial charge in [0.1, 0.15) is 0 Å². The summed E-state index contributed by atoms with van der Waals surface area (Å²) in [5, 5.41) is 3.46. The van der Waals surface area contributed by atoms with E-state index in [-0.39, 0.29) is 11.8 Å². The minimum atomic E-state index is -0.347. The Bertz CT molecular complexity index is 1070. The van der Waals surface area contributed by atoms with Crippen molar-refractivity contribution in [3.05, 3.63) is 93.5 Å². The van der Waals surface area contributed by atoms with E-state index in [1.165, 1.54) is 0 Å². The summed E-state index contributed by atoms with van der Waals surface area (Å²) in [5.41, 5.74) is 3.18. The average Bonchev–Trinajstić information content (AvgIpc) is 3.01. The van der Waals surface area contributed by atoms with Gasteiger partial charge in [-0.2, -0.15) is 0 Å². The van der Waals surface area contributed by atoms with Crippen LogP contribution >= 0.6 is 23.2 Å². The van der Waals surface area contributed by atoms with E-state index in [2.05, 4.69) is 5.32 Å². The second-order valence-electron chi connectivity index (χ2n) is 6.15. The summed E-state index contributed by atoms with van der Waals surface area (Å²) in [6.45, 7) is 0.497. The van der Waals surface area contributed by atoms with Crippen molar-refractivity contribution in [3.8, 4) is 0 Å². The van der Waals surface area contributed by atoms with Gasteiger partial charge in [-0.3, -0.25) is 9.59 Å². The first-order valence-electron chi connectivity index (χ1n) is 8.30. The Balaban J connectivity index is 1.56. The van der Waals surface area contributed by atoms with E-state index in [1.807, 2.05) is 24.3 Å². The van der Waals surface area contributed by atoms with Crippen molar-refractivity contribution in [1.82, 2.24) is 0 Å².